The van der Waals surface area contributed by atoms with Crippen molar-refractivity contribution < 1.29 is 0 Å². The first kappa shape index (κ1) is 11.1. The smallest absolute Gasteiger partial charge is 0.0211 e. The summed E-state index contributed by atoms with van der Waals surface area (Å²) in [5.74, 6) is 0.423. The lowest BCUT2D eigenvalue weighted by Gasteiger charge is -2.23. The molecule has 0 heterocycles. The highest BCUT2D eigenvalue weighted by molar-refractivity contribution is 6.09. The first-order chi connectivity index (χ1) is 10.4. The summed E-state index contributed by atoms with van der Waals surface area (Å²) in [6.45, 7) is 0. The second-order valence-corrected chi connectivity index (χ2v) is 5.81. The number of hydrogen-bond donors (Lipinski definition) is 0. The highest BCUT2D eigenvalue weighted by atomic mass is 14.3. The van der Waals surface area contributed by atoms with E-state index in [1.807, 2.05) is 0 Å². The van der Waals surface area contributed by atoms with E-state index in [0.29, 0.717) is 5.92 Å². The SMILES string of the molecule is C1=CC2=C3C(=Cc4ccc5ccccc5c43)C=CC2C=C1. The van der Waals surface area contributed by atoms with Crippen LogP contribution in [-0.2, 0) is 0 Å². The third-order valence-electron chi connectivity index (χ3n) is 4.65. The minimum atomic E-state index is 0.423. The topological polar surface area (TPSA) is 0 Å². The monoisotopic (exact) mass is 266 g/mol. The van der Waals surface area contributed by atoms with Gasteiger partial charge in [-0.2, -0.15) is 0 Å². The summed E-state index contributed by atoms with van der Waals surface area (Å²) in [4.78, 5) is 0. The van der Waals surface area contributed by atoms with Crippen LogP contribution in [0.4, 0.5) is 0 Å². The molecule has 0 saturated carbocycles. The summed E-state index contributed by atoms with van der Waals surface area (Å²) in [6, 6.07) is 13.2. The van der Waals surface area contributed by atoms with Crippen molar-refractivity contribution in [2.75, 3.05) is 0 Å². The van der Waals surface area contributed by atoms with E-state index in [9.17, 15) is 0 Å². The molecule has 2 aromatic rings. The van der Waals surface area contributed by atoms with Crippen LogP contribution in [0, 0.1) is 5.92 Å². The molecule has 3 aliphatic rings. The average molecular weight is 266 g/mol. The molecule has 98 valence electrons. The van der Waals surface area contributed by atoms with E-state index in [4.69, 9.17) is 0 Å². The van der Waals surface area contributed by atoms with Gasteiger partial charge in [0.05, 0.1) is 0 Å². The first-order valence-electron chi connectivity index (χ1n) is 7.43. The molecular formula is C21H14. The van der Waals surface area contributed by atoms with Crippen molar-refractivity contribution in [1.29, 1.82) is 0 Å². The average Bonchev–Trinajstić information content (AvgIpc) is 2.94. The Kier molecular flexibility index (Phi) is 2.09. The van der Waals surface area contributed by atoms with Crippen molar-refractivity contribution in [3.8, 4) is 0 Å². The van der Waals surface area contributed by atoms with Gasteiger partial charge in [-0.25, -0.2) is 0 Å². The number of rotatable bonds is 0. The lowest BCUT2D eigenvalue weighted by molar-refractivity contribution is 0.987. The van der Waals surface area contributed by atoms with Gasteiger partial charge in [-0.05, 0) is 44.7 Å². The van der Waals surface area contributed by atoms with Gasteiger partial charge in [-0.15, -0.1) is 0 Å². The van der Waals surface area contributed by atoms with Crippen molar-refractivity contribution in [3.63, 3.8) is 0 Å². The third-order valence-corrected chi connectivity index (χ3v) is 4.65. The Morgan fingerprint density at radius 2 is 1.76 bits per heavy atom. The number of fused-ring (bicyclic) bond motifs is 6. The number of allylic oxidation sites excluding steroid dienone is 9. The van der Waals surface area contributed by atoms with Crippen molar-refractivity contribution in [1.82, 2.24) is 0 Å². The van der Waals surface area contributed by atoms with Crippen LogP contribution < -0.4 is 0 Å². The summed E-state index contributed by atoms with van der Waals surface area (Å²) < 4.78 is 0. The van der Waals surface area contributed by atoms with Crippen LogP contribution in [0.2, 0.25) is 0 Å². The van der Waals surface area contributed by atoms with E-state index >= 15 is 0 Å². The molecule has 0 nitrogen and oxygen atoms in total. The zero-order chi connectivity index (χ0) is 13.8. The fraction of sp³-hybridized carbons (Fsp3) is 0.0476. The lowest BCUT2D eigenvalue weighted by atomic mass is 9.81. The Balaban J connectivity index is 1.90. The zero-order valence-corrected chi connectivity index (χ0v) is 11.6. The van der Waals surface area contributed by atoms with Crippen LogP contribution in [0.25, 0.3) is 22.4 Å². The van der Waals surface area contributed by atoms with E-state index in [2.05, 4.69) is 78.9 Å². The predicted molar refractivity (Wildman–Crippen MR) is 89.8 cm³/mol. The molecule has 0 aliphatic heterocycles. The molecule has 0 amide bonds. The summed E-state index contributed by atoms with van der Waals surface area (Å²) in [7, 11) is 0. The van der Waals surface area contributed by atoms with Crippen LogP contribution in [0.15, 0.2) is 84.0 Å². The van der Waals surface area contributed by atoms with Gasteiger partial charge in [0.1, 0.15) is 0 Å². The Hall–Kier alpha value is -2.60. The molecule has 0 fully saturated rings. The molecule has 0 bridgehead atoms. The first-order valence-corrected chi connectivity index (χ1v) is 7.43. The lowest BCUT2D eigenvalue weighted by Crippen LogP contribution is -2.06. The van der Waals surface area contributed by atoms with Crippen molar-refractivity contribution >= 4 is 22.4 Å². The molecule has 21 heavy (non-hydrogen) atoms. The standard InChI is InChI=1S/C21H14/c1-3-7-18-14(5-1)9-11-16-13-17-12-10-15-6-2-4-8-19(15)21(17)20(16)18/h1-14H. The van der Waals surface area contributed by atoms with Crippen LogP contribution in [0.1, 0.15) is 11.1 Å². The quantitative estimate of drug-likeness (QED) is 0.606. The number of hydrogen-bond acceptors (Lipinski definition) is 0. The second-order valence-electron chi connectivity index (χ2n) is 5.81. The fourth-order valence-corrected chi connectivity index (χ4v) is 3.70. The van der Waals surface area contributed by atoms with Crippen LogP contribution in [-0.4, -0.2) is 0 Å². The molecule has 2 aromatic carbocycles. The molecular weight excluding hydrogens is 252 g/mol. The highest BCUT2D eigenvalue weighted by Crippen LogP contribution is 2.47. The van der Waals surface area contributed by atoms with Crippen LogP contribution in [0.3, 0.4) is 0 Å². The maximum atomic E-state index is 2.32. The van der Waals surface area contributed by atoms with Gasteiger partial charge in [0, 0.05) is 5.92 Å². The normalized spacial score (nSPS) is 21.3. The summed E-state index contributed by atoms with van der Waals surface area (Å²) in [5.41, 5.74) is 6.97. The molecule has 1 unspecified atom stereocenters. The Bertz CT molecular complexity index is 930. The van der Waals surface area contributed by atoms with E-state index in [1.54, 1.807) is 0 Å². The minimum absolute atomic E-state index is 0.423. The van der Waals surface area contributed by atoms with E-state index in [1.165, 1.54) is 38.6 Å². The largest absolute Gasteiger partial charge is 0.0732 e. The predicted octanol–water partition coefficient (Wildman–Crippen LogP) is 5.30. The van der Waals surface area contributed by atoms with E-state index in [0.717, 1.165) is 0 Å². The molecule has 5 rings (SSSR count). The van der Waals surface area contributed by atoms with Crippen LogP contribution in [0.5, 0.6) is 0 Å². The molecule has 0 saturated heterocycles. The van der Waals surface area contributed by atoms with Gasteiger partial charge >= 0.3 is 0 Å². The minimum Gasteiger partial charge on any atom is -0.0732 e. The summed E-state index contributed by atoms with van der Waals surface area (Å²) in [5, 5.41) is 2.68. The third kappa shape index (κ3) is 1.45. The molecule has 0 spiro atoms. The molecule has 0 aromatic heterocycles. The van der Waals surface area contributed by atoms with E-state index < -0.39 is 0 Å². The van der Waals surface area contributed by atoms with Crippen molar-refractivity contribution in [2.45, 2.75) is 0 Å². The molecule has 3 aliphatic carbocycles. The maximum absolute atomic E-state index is 2.32. The highest BCUT2D eigenvalue weighted by Gasteiger charge is 2.27. The molecule has 0 radical (unpaired) electrons. The number of benzene rings is 2. The van der Waals surface area contributed by atoms with Gasteiger partial charge < -0.3 is 0 Å². The summed E-state index contributed by atoms with van der Waals surface area (Å²) in [6.07, 6.45) is 15.8. The molecule has 0 heteroatoms. The van der Waals surface area contributed by atoms with Gasteiger partial charge in [0.15, 0.2) is 0 Å². The second kappa shape index (κ2) is 3.95. The zero-order valence-electron chi connectivity index (χ0n) is 11.6. The Labute approximate surface area is 124 Å². The van der Waals surface area contributed by atoms with Crippen molar-refractivity contribution in [2.24, 2.45) is 5.92 Å². The Morgan fingerprint density at radius 1 is 0.810 bits per heavy atom. The molecule has 0 N–H and O–H groups in total. The van der Waals surface area contributed by atoms with Crippen molar-refractivity contribution in [3.05, 3.63) is 95.1 Å². The van der Waals surface area contributed by atoms with Gasteiger partial charge in [0.25, 0.3) is 0 Å². The van der Waals surface area contributed by atoms with Gasteiger partial charge in [-0.3, -0.25) is 0 Å². The Morgan fingerprint density at radius 3 is 2.76 bits per heavy atom. The fourth-order valence-electron chi connectivity index (χ4n) is 3.70. The van der Waals surface area contributed by atoms with Gasteiger partial charge in [0.2, 0.25) is 0 Å². The maximum Gasteiger partial charge on any atom is 0.0211 e. The van der Waals surface area contributed by atoms with E-state index in [-0.39, 0.29) is 0 Å². The van der Waals surface area contributed by atoms with Crippen LogP contribution >= 0.6 is 0 Å². The summed E-state index contributed by atoms with van der Waals surface area (Å²) >= 11 is 0. The molecule has 1 atom stereocenters. The van der Waals surface area contributed by atoms with Gasteiger partial charge in [-0.1, -0.05) is 72.9 Å².